The molecule has 0 aromatic carbocycles. The molecule has 0 saturated carbocycles. The van der Waals surface area contributed by atoms with E-state index < -0.39 is 6.04 Å². The van der Waals surface area contributed by atoms with Crippen molar-refractivity contribution >= 4 is 5.97 Å². The molecule has 0 unspecified atom stereocenters. The van der Waals surface area contributed by atoms with Crippen LogP contribution in [0, 0.1) is 0 Å². The van der Waals surface area contributed by atoms with Gasteiger partial charge in [0.25, 0.3) is 0 Å². The summed E-state index contributed by atoms with van der Waals surface area (Å²) in [6, 6.07) is -0.653. The number of aromatic amines is 1. The zero-order chi connectivity index (χ0) is 34.6. The van der Waals surface area contributed by atoms with Crippen LogP contribution in [0.2, 0.25) is 0 Å². The fraction of sp³-hybridized carbons (Fsp3) is 0.721. The second kappa shape index (κ2) is 34.5. The Labute approximate surface area is 296 Å². The highest BCUT2D eigenvalue weighted by molar-refractivity contribution is 5.76. The molecular weight excluding hydrogens is 590 g/mol. The van der Waals surface area contributed by atoms with Crippen molar-refractivity contribution in [1.29, 1.82) is 0 Å². The Hall–Kier alpha value is -2.40. The van der Waals surface area contributed by atoms with Gasteiger partial charge in [0.1, 0.15) is 12.1 Å². The summed E-state index contributed by atoms with van der Waals surface area (Å²) in [5.41, 5.74) is 7.07. The monoisotopic (exact) mass is 666 g/mol. The van der Waals surface area contributed by atoms with Gasteiger partial charge in [-0.25, -0.2) is 4.98 Å². The predicted molar refractivity (Wildman–Crippen MR) is 208 cm³/mol. The maximum Gasteiger partial charge on any atom is 0.323 e. The van der Waals surface area contributed by atoms with Gasteiger partial charge in [0.05, 0.1) is 6.33 Å². The lowest BCUT2D eigenvalue weighted by Crippen LogP contribution is -2.37. The lowest BCUT2D eigenvalue weighted by Gasteiger charge is -2.20. The number of ether oxygens (including phenoxy) is 1. The van der Waals surface area contributed by atoms with E-state index in [9.17, 15) is 4.79 Å². The van der Waals surface area contributed by atoms with Crippen LogP contribution >= 0.6 is 0 Å². The first-order valence-electron chi connectivity index (χ1n) is 20.2. The largest absolute Gasteiger partial charge is 0.461 e. The smallest absolute Gasteiger partial charge is 0.323 e. The molecule has 0 amide bonds. The molecule has 274 valence electrons. The van der Waals surface area contributed by atoms with E-state index in [2.05, 4.69) is 72.4 Å². The Morgan fingerprint density at radius 2 is 1.06 bits per heavy atom. The Morgan fingerprint density at radius 1 is 0.646 bits per heavy atom. The highest BCUT2D eigenvalue weighted by Gasteiger charge is 2.21. The number of nitrogens with zero attached hydrogens (tertiary/aromatic N) is 1. The number of aromatic nitrogens is 2. The van der Waals surface area contributed by atoms with Crippen LogP contribution < -0.4 is 5.73 Å². The molecule has 5 nitrogen and oxygen atoms in total. The summed E-state index contributed by atoms with van der Waals surface area (Å²) in [5, 5.41) is 0. The van der Waals surface area contributed by atoms with Gasteiger partial charge < -0.3 is 15.5 Å². The number of imidazole rings is 1. The van der Waals surface area contributed by atoms with Crippen LogP contribution in [0.4, 0.5) is 0 Å². The van der Waals surface area contributed by atoms with Gasteiger partial charge in [0.2, 0.25) is 0 Å². The van der Waals surface area contributed by atoms with E-state index in [0.717, 1.165) is 44.2 Å². The zero-order valence-corrected chi connectivity index (χ0v) is 31.4. The van der Waals surface area contributed by atoms with Crippen molar-refractivity contribution < 1.29 is 9.53 Å². The van der Waals surface area contributed by atoms with Crippen LogP contribution in [0.5, 0.6) is 0 Å². The Morgan fingerprint density at radius 3 is 1.48 bits per heavy atom. The van der Waals surface area contributed by atoms with Crippen molar-refractivity contribution in [3.63, 3.8) is 0 Å². The van der Waals surface area contributed by atoms with E-state index in [1.54, 1.807) is 12.5 Å². The van der Waals surface area contributed by atoms with Gasteiger partial charge in [-0.15, -0.1) is 0 Å². The van der Waals surface area contributed by atoms with Crippen molar-refractivity contribution in [2.45, 2.75) is 199 Å². The summed E-state index contributed by atoms with van der Waals surface area (Å²) in [7, 11) is 0. The average molecular weight is 666 g/mol. The molecule has 1 rings (SSSR count). The Kier molecular flexibility index (Phi) is 31.3. The molecule has 0 aliphatic heterocycles. The van der Waals surface area contributed by atoms with Gasteiger partial charge in [-0.3, -0.25) is 4.79 Å². The number of unbranched alkanes of at least 4 members (excludes halogenated alkanes) is 18. The SMILES string of the molecule is CCCCC/C=C\C/C=C\CCCCCCCCC(CCCCCCCC/C=C\C/C=C\CCCCC)OC(=O)[C@@H](N)Cc1cnc[nH]1. The molecule has 1 heterocycles. The van der Waals surface area contributed by atoms with Crippen molar-refractivity contribution in [3.8, 4) is 0 Å². The fourth-order valence-corrected chi connectivity index (χ4v) is 5.95. The third kappa shape index (κ3) is 28.6. The lowest BCUT2D eigenvalue weighted by molar-refractivity contribution is -0.151. The van der Waals surface area contributed by atoms with Gasteiger partial charge in [0, 0.05) is 18.3 Å². The van der Waals surface area contributed by atoms with Crippen molar-refractivity contribution in [2.75, 3.05) is 0 Å². The van der Waals surface area contributed by atoms with Gasteiger partial charge in [-0.1, -0.05) is 140 Å². The van der Waals surface area contributed by atoms with E-state index in [1.807, 2.05) is 0 Å². The van der Waals surface area contributed by atoms with Crippen LogP contribution in [0.3, 0.4) is 0 Å². The molecule has 1 aromatic heterocycles. The minimum atomic E-state index is -0.653. The van der Waals surface area contributed by atoms with Crippen LogP contribution in [0.15, 0.2) is 61.1 Å². The number of esters is 1. The number of H-pyrrole nitrogens is 1. The third-order valence-electron chi connectivity index (χ3n) is 9.03. The summed E-state index contributed by atoms with van der Waals surface area (Å²) in [4.78, 5) is 19.9. The normalized spacial score (nSPS) is 12.9. The van der Waals surface area contributed by atoms with E-state index in [1.165, 1.54) is 128 Å². The second-order valence-corrected chi connectivity index (χ2v) is 13.7. The molecule has 1 aromatic rings. The van der Waals surface area contributed by atoms with E-state index >= 15 is 0 Å². The summed E-state index contributed by atoms with van der Waals surface area (Å²) in [6.45, 7) is 4.51. The number of nitrogens with one attached hydrogen (secondary N) is 1. The van der Waals surface area contributed by atoms with Gasteiger partial charge in [-0.2, -0.15) is 0 Å². The number of nitrogens with two attached hydrogens (primary N) is 1. The molecule has 0 saturated heterocycles. The minimum absolute atomic E-state index is 0.0259. The molecular formula is C43H75N3O2. The van der Waals surface area contributed by atoms with Gasteiger partial charge in [-0.05, 0) is 89.9 Å². The van der Waals surface area contributed by atoms with E-state index in [-0.39, 0.29) is 12.1 Å². The first kappa shape index (κ1) is 43.6. The second-order valence-electron chi connectivity index (χ2n) is 13.7. The van der Waals surface area contributed by atoms with Gasteiger partial charge in [0.15, 0.2) is 0 Å². The lowest BCUT2D eigenvalue weighted by atomic mass is 10.0. The van der Waals surface area contributed by atoms with E-state index in [0.29, 0.717) is 6.42 Å². The Bertz CT molecular complexity index is 886. The predicted octanol–water partition coefficient (Wildman–Crippen LogP) is 12.6. The summed E-state index contributed by atoms with van der Waals surface area (Å²) >= 11 is 0. The summed E-state index contributed by atoms with van der Waals surface area (Å²) in [6.07, 6.45) is 54.0. The van der Waals surface area contributed by atoms with Crippen LogP contribution in [0.25, 0.3) is 0 Å². The number of carbonyl (C=O) groups is 1. The average Bonchev–Trinajstić information content (AvgIpc) is 3.60. The molecule has 0 bridgehead atoms. The first-order chi connectivity index (χ1) is 23.7. The van der Waals surface area contributed by atoms with E-state index in [4.69, 9.17) is 10.5 Å². The number of carbonyl (C=O) groups excluding carboxylic acids is 1. The molecule has 1 atom stereocenters. The van der Waals surface area contributed by atoms with Gasteiger partial charge >= 0.3 is 5.97 Å². The number of allylic oxidation sites excluding steroid dienone is 8. The molecule has 0 aliphatic rings. The minimum Gasteiger partial charge on any atom is -0.461 e. The highest BCUT2D eigenvalue weighted by Crippen LogP contribution is 2.18. The third-order valence-corrected chi connectivity index (χ3v) is 9.03. The standard InChI is InChI=1S/C43H75N3O2/c1-3-5-7-9-11-13-15-17-19-21-23-25-27-29-31-33-35-41(48-43(47)42(44)37-40-38-45-39-46-40)36-34-32-30-28-26-24-22-20-18-16-14-12-10-8-6-4-2/h11-14,17-20,38-39,41-42H,3-10,15-16,21-37,44H2,1-2H3,(H,45,46)/b13-11-,14-12-,19-17-,20-18-/t42-/m0/s1. The topological polar surface area (TPSA) is 81.0 Å². The molecule has 0 spiro atoms. The van der Waals surface area contributed by atoms with Crippen molar-refractivity contribution in [3.05, 3.63) is 66.8 Å². The van der Waals surface area contributed by atoms with Crippen LogP contribution in [0.1, 0.15) is 186 Å². The molecule has 48 heavy (non-hydrogen) atoms. The number of hydrogen-bond acceptors (Lipinski definition) is 4. The molecule has 3 N–H and O–H groups in total. The maximum atomic E-state index is 12.8. The Balaban J connectivity index is 2.21. The molecule has 0 radical (unpaired) electrons. The van der Waals surface area contributed by atoms with Crippen molar-refractivity contribution in [1.82, 2.24) is 9.97 Å². The first-order valence-corrected chi connectivity index (χ1v) is 20.2. The number of hydrogen-bond donors (Lipinski definition) is 2. The highest BCUT2D eigenvalue weighted by atomic mass is 16.5. The number of rotatable bonds is 34. The summed E-state index contributed by atoms with van der Waals surface area (Å²) in [5.74, 6) is -0.283. The summed E-state index contributed by atoms with van der Waals surface area (Å²) < 4.78 is 5.99. The fourth-order valence-electron chi connectivity index (χ4n) is 5.95. The maximum absolute atomic E-state index is 12.8. The quantitative estimate of drug-likeness (QED) is 0.0436. The van der Waals surface area contributed by atoms with Crippen molar-refractivity contribution in [2.24, 2.45) is 5.73 Å². The molecule has 0 fully saturated rings. The van der Waals surface area contributed by atoms with Crippen LogP contribution in [-0.4, -0.2) is 28.1 Å². The molecule has 0 aliphatic carbocycles. The van der Waals surface area contributed by atoms with Crippen LogP contribution in [-0.2, 0) is 16.0 Å². The zero-order valence-electron chi connectivity index (χ0n) is 31.4. The molecule has 5 heteroatoms.